The van der Waals surface area contributed by atoms with Crippen molar-refractivity contribution >= 4 is 19.8 Å². The summed E-state index contributed by atoms with van der Waals surface area (Å²) in [5, 5.41) is 0. The zero-order valence-electron chi connectivity index (χ0n) is 31.5. The van der Waals surface area contributed by atoms with Gasteiger partial charge >= 0.3 is 19.8 Å². The summed E-state index contributed by atoms with van der Waals surface area (Å²) < 4.78 is 39.9. The van der Waals surface area contributed by atoms with E-state index in [4.69, 9.17) is 23.3 Å². The molecule has 51 heavy (non-hydrogen) atoms. The second-order valence-corrected chi connectivity index (χ2v) is 15.8. The molecule has 0 fully saturated rings. The zero-order chi connectivity index (χ0) is 37.0. The summed E-state index contributed by atoms with van der Waals surface area (Å²) in [4.78, 5) is 34.4. The summed E-state index contributed by atoms with van der Waals surface area (Å²) >= 11 is 0. The van der Waals surface area contributed by atoms with E-state index in [1.807, 2.05) is 81.8 Å². The molecule has 0 aliphatic heterocycles. The number of hydrogen-bond donors (Lipinski definition) is 1. The normalized spacial score (nSPS) is 13.4. The minimum atomic E-state index is -4.28. The van der Waals surface area contributed by atoms with Gasteiger partial charge < -0.3 is 23.6 Å². The average molecular weight is 735 g/mol. The molecule has 2 aromatic rings. The van der Waals surface area contributed by atoms with E-state index in [-0.39, 0.29) is 38.4 Å². The number of benzene rings is 2. The summed E-state index contributed by atoms with van der Waals surface area (Å²) in [6.45, 7) is 0.909. The number of hydrogen-bond acceptors (Lipinski definition) is 8. The van der Waals surface area contributed by atoms with Crippen LogP contribution in [0.15, 0.2) is 60.7 Å². The van der Waals surface area contributed by atoms with E-state index in [9.17, 15) is 19.0 Å². The molecule has 10 nitrogen and oxygen atoms in total. The molecule has 0 heterocycles. The molecule has 2 aromatic carbocycles. The third-order valence-electron chi connectivity index (χ3n) is 8.45. The first-order valence-corrected chi connectivity index (χ1v) is 20.4. The van der Waals surface area contributed by atoms with Gasteiger partial charge in [0.1, 0.15) is 32.5 Å². The van der Waals surface area contributed by atoms with Gasteiger partial charge in [-0.3, -0.25) is 18.6 Å². The van der Waals surface area contributed by atoms with E-state index >= 15 is 0 Å². The van der Waals surface area contributed by atoms with Gasteiger partial charge in [0.05, 0.1) is 34.4 Å². The smallest absolute Gasteiger partial charge is 0.463 e. The predicted octanol–water partition coefficient (Wildman–Crippen LogP) is 8.94. The van der Waals surface area contributed by atoms with Crippen LogP contribution in [0.4, 0.5) is 0 Å². The molecule has 288 valence electrons. The minimum absolute atomic E-state index is 0.0717. The van der Waals surface area contributed by atoms with Crippen LogP contribution in [0.2, 0.25) is 0 Å². The molecule has 2 atom stereocenters. The van der Waals surface area contributed by atoms with Crippen molar-refractivity contribution in [3.05, 3.63) is 71.8 Å². The van der Waals surface area contributed by atoms with E-state index < -0.39 is 13.9 Å². The lowest BCUT2D eigenvalue weighted by Crippen LogP contribution is -2.37. The maximum absolute atomic E-state index is 12.4. The highest BCUT2D eigenvalue weighted by molar-refractivity contribution is 7.47. The van der Waals surface area contributed by atoms with E-state index in [1.54, 1.807) is 0 Å². The van der Waals surface area contributed by atoms with Gasteiger partial charge in [0.15, 0.2) is 0 Å². The molecule has 2 rings (SSSR count). The van der Waals surface area contributed by atoms with Crippen molar-refractivity contribution in [3.63, 3.8) is 0 Å². The highest BCUT2D eigenvalue weighted by Gasteiger charge is 2.25. The highest BCUT2D eigenvalue weighted by atomic mass is 31.2. The Morgan fingerprint density at radius 1 is 0.608 bits per heavy atom. The number of likely N-dealkylation sites (N-methyl/N-ethyl adjacent to an activating group) is 1. The maximum atomic E-state index is 12.4. The monoisotopic (exact) mass is 734 g/mol. The lowest BCUT2D eigenvalue weighted by Gasteiger charge is -2.24. The first-order chi connectivity index (χ1) is 24.5. The Labute approximate surface area is 307 Å². The second-order valence-electron chi connectivity index (χ2n) is 14.3. The molecule has 0 aliphatic rings. The van der Waals surface area contributed by atoms with Crippen LogP contribution in [-0.4, -0.2) is 74.9 Å². The standard InChI is InChI=1S/C40H64NO9P/c1-41(2,3)30-31-49-51(44,45)50-35-38(46-32-36-24-18-16-19-25-36)34-48-40(43)29-23-15-13-11-9-7-5-4-6-8-10-12-14-22-28-39(42)47-33-37-26-20-17-21-27-37/h16-21,24-27,38H,4-15,22-23,28-35H2,1-3H3/p+1. The molecule has 2 unspecified atom stereocenters. The van der Waals surface area contributed by atoms with Crippen LogP contribution in [0.25, 0.3) is 0 Å². The van der Waals surface area contributed by atoms with Crippen LogP contribution in [-0.2, 0) is 50.6 Å². The molecule has 0 radical (unpaired) electrons. The molecular formula is C40H65NO9P+. The number of rotatable bonds is 31. The first kappa shape index (κ1) is 44.6. The quantitative estimate of drug-likeness (QED) is 0.0351. The van der Waals surface area contributed by atoms with Gasteiger partial charge in [-0.15, -0.1) is 0 Å². The Balaban J connectivity index is 1.45. The SMILES string of the molecule is C[N+](C)(C)CCOP(=O)(O)OCC(COC(=O)CCCCCCCCCCCCCCCCC(=O)OCc1ccccc1)OCc1ccccc1. The topological polar surface area (TPSA) is 118 Å². The van der Waals surface area contributed by atoms with Gasteiger partial charge in [0, 0.05) is 12.8 Å². The van der Waals surface area contributed by atoms with Gasteiger partial charge in [-0.05, 0) is 24.0 Å². The molecule has 1 N–H and O–H groups in total. The van der Waals surface area contributed by atoms with Crippen molar-refractivity contribution in [2.75, 3.05) is 47.5 Å². The lowest BCUT2D eigenvalue weighted by molar-refractivity contribution is -0.870. The molecule has 0 aliphatic carbocycles. The van der Waals surface area contributed by atoms with E-state index in [0.717, 1.165) is 43.2 Å². The van der Waals surface area contributed by atoms with Gasteiger partial charge in [-0.2, -0.15) is 0 Å². The largest absolute Gasteiger partial charge is 0.472 e. The van der Waals surface area contributed by atoms with Gasteiger partial charge in [-0.25, -0.2) is 4.57 Å². The van der Waals surface area contributed by atoms with Gasteiger partial charge in [0.2, 0.25) is 0 Å². The van der Waals surface area contributed by atoms with E-state index in [0.29, 0.717) is 30.5 Å². The van der Waals surface area contributed by atoms with Crippen LogP contribution in [0, 0.1) is 0 Å². The van der Waals surface area contributed by atoms with Crippen molar-refractivity contribution in [1.82, 2.24) is 0 Å². The Bertz CT molecular complexity index is 1220. The summed E-state index contributed by atoms with van der Waals surface area (Å²) in [6.07, 6.45) is 16.1. The van der Waals surface area contributed by atoms with Crippen molar-refractivity contribution < 1.29 is 46.8 Å². The Hall–Kier alpha value is -2.59. The number of esters is 2. The fourth-order valence-electron chi connectivity index (χ4n) is 5.31. The number of unbranched alkanes of at least 4 members (excludes halogenated alkanes) is 13. The lowest BCUT2D eigenvalue weighted by atomic mass is 10.0. The summed E-state index contributed by atoms with van der Waals surface area (Å²) in [7, 11) is 1.60. The third kappa shape index (κ3) is 25.9. The van der Waals surface area contributed by atoms with Crippen LogP contribution < -0.4 is 0 Å². The van der Waals surface area contributed by atoms with Crippen molar-refractivity contribution in [1.29, 1.82) is 0 Å². The summed E-state index contributed by atoms with van der Waals surface area (Å²) in [6, 6.07) is 19.3. The number of quaternary nitrogens is 1. The van der Waals surface area contributed by atoms with Crippen LogP contribution in [0.5, 0.6) is 0 Å². The van der Waals surface area contributed by atoms with Gasteiger partial charge in [-0.1, -0.05) is 138 Å². The Morgan fingerprint density at radius 2 is 1.04 bits per heavy atom. The molecule has 0 aromatic heterocycles. The van der Waals surface area contributed by atoms with Gasteiger partial charge in [0.25, 0.3) is 0 Å². The number of phosphoric ester groups is 1. The molecular weight excluding hydrogens is 669 g/mol. The molecule has 0 amide bonds. The Morgan fingerprint density at radius 3 is 1.51 bits per heavy atom. The van der Waals surface area contributed by atoms with E-state index in [2.05, 4.69) is 0 Å². The van der Waals surface area contributed by atoms with Crippen molar-refractivity contribution in [2.24, 2.45) is 0 Å². The maximum Gasteiger partial charge on any atom is 0.472 e. The highest BCUT2D eigenvalue weighted by Crippen LogP contribution is 2.43. The van der Waals surface area contributed by atoms with Crippen molar-refractivity contribution in [3.8, 4) is 0 Å². The molecule has 11 heteroatoms. The number of ether oxygens (including phenoxy) is 3. The van der Waals surface area contributed by atoms with Crippen LogP contribution >= 0.6 is 7.82 Å². The minimum Gasteiger partial charge on any atom is -0.463 e. The predicted molar refractivity (Wildman–Crippen MR) is 201 cm³/mol. The third-order valence-corrected chi connectivity index (χ3v) is 9.44. The molecule has 0 bridgehead atoms. The van der Waals surface area contributed by atoms with Crippen molar-refractivity contribution in [2.45, 2.75) is 122 Å². The average Bonchev–Trinajstić information content (AvgIpc) is 3.10. The van der Waals surface area contributed by atoms with Crippen LogP contribution in [0.3, 0.4) is 0 Å². The molecule has 0 saturated carbocycles. The second kappa shape index (κ2) is 27.1. The number of nitrogens with zero attached hydrogens (tertiary/aromatic N) is 1. The first-order valence-electron chi connectivity index (χ1n) is 19.0. The summed E-state index contributed by atoms with van der Waals surface area (Å²) in [5.41, 5.74) is 1.95. The number of carbonyl (C=O) groups excluding carboxylic acids is 2. The number of carbonyl (C=O) groups is 2. The van der Waals surface area contributed by atoms with Crippen LogP contribution in [0.1, 0.15) is 114 Å². The molecule has 0 saturated heterocycles. The molecule has 0 spiro atoms. The summed E-state index contributed by atoms with van der Waals surface area (Å²) in [5.74, 6) is -0.415. The van der Waals surface area contributed by atoms with E-state index in [1.165, 1.54) is 57.8 Å². The zero-order valence-corrected chi connectivity index (χ0v) is 32.4. The fourth-order valence-corrected chi connectivity index (χ4v) is 6.05. The number of phosphoric acid groups is 1. The Kier molecular flexibility index (Phi) is 23.7. The fraction of sp³-hybridized carbons (Fsp3) is 0.650.